The number of anilines is 1. The van der Waals surface area contributed by atoms with Crippen molar-refractivity contribution in [1.82, 2.24) is 0 Å². The highest BCUT2D eigenvalue weighted by Crippen LogP contribution is 2.29. The number of rotatable bonds is 5. The molecule has 2 rings (SSSR count). The Bertz CT molecular complexity index is 617. The molecule has 0 saturated heterocycles. The maximum absolute atomic E-state index is 12.5. The monoisotopic (exact) mass is 348 g/mol. The fraction of sp³-hybridized carbons (Fsp3) is 0.188. The van der Waals surface area contributed by atoms with Crippen LogP contribution in [0.4, 0.5) is 5.69 Å². The lowest BCUT2D eigenvalue weighted by molar-refractivity contribution is -0.117. The molecule has 110 valence electrons. The average Bonchev–Trinajstić information content (AvgIpc) is 2.49. The van der Waals surface area contributed by atoms with Crippen LogP contribution in [-0.4, -0.2) is 19.6 Å². The summed E-state index contributed by atoms with van der Waals surface area (Å²) in [4.78, 5) is 12.5. The Labute approximate surface area is 132 Å². The normalized spacial score (nSPS) is 11.8. The fourth-order valence-corrected chi connectivity index (χ4v) is 2.44. The zero-order valence-corrected chi connectivity index (χ0v) is 13.3. The summed E-state index contributed by atoms with van der Waals surface area (Å²) < 4.78 is 6.12. The second kappa shape index (κ2) is 7.24. The first-order valence-electron chi connectivity index (χ1n) is 6.55. The van der Waals surface area contributed by atoms with Gasteiger partial charge in [-0.05, 0) is 23.8 Å². The van der Waals surface area contributed by atoms with E-state index >= 15 is 0 Å². The number of ether oxygens (including phenoxy) is 1. The Kier molecular flexibility index (Phi) is 5.36. The first kappa shape index (κ1) is 15.5. The van der Waals surface area contributed by atoms with Crippen LogP contribution in [0.5, 0.6) is 5.75 Å². The van der Waals surface area contributed by atoms with Gasteiger partial charge in [-0.25, -0.2) is 0 Å². The summed E-state index contributed by atoms with van der Waals surface area (Å²) in [5.74, 6) is 0.0605. The van der Waals surface area contributed by atoms with Gasteiger partial charge >= 0.3 is 0 Å². The number of hydrogen-bond donors (Lipinski definition) is 2. The van der Waals surface area contributed by atoms with Crippen molar-refractivity contribution in [1.29, 1.82) is 0 Å². The number of nitrogens with one attached hydrogen (secondary N) is 1. The highest BCUT2D eigenvalue weighted by Gasteiger charge is 2.20. The maximum atomic E-state index is 12.5. The molecule has 1 atom stereocenters. The van der Waals surface area contributed by atoms with E-state index < -0.39 is 5.92 Å². The minimum absolute atomic E-state index is 0.153. The summed E-state index contributed by atoms with van der Waals surface area (Å²) in [6.45, 7) is 0.242. The van der Waals surface area contributed by atoms with E-state index in [0.29, 0.717) is 11.4 Å². The van der Waals surface area contributed by atoms with Gasteiger partial charge < -0.3 is 15.8 Å². The van der Waals surface area contributed by atoms with Crippen molar-refractivity contribution in [2.45, 2.75) is 5.92 Å². The van der Waals surface area contributed by atoms with Crippen LogP contribution in [0.1, 0.15) is 11.5 Å². The minimum atomic E-state index is -0.394. The van der Waals surface area contributed by atoms with Gasteiger partial charge in [0, 0.05) is 11.0 Å². The molecule has 21 heavy (non-hydrogen) atoms. The van der Waals surface area contributed by atoms with Crippen LogP contribution in [0.15, 0.2) is 53.0 Å². The highest BCUT2D eigenvalue weighted by atomic mass is 79.9. The number of methoxy groups -OCH3 is 1. The van der Waals surface area contributed by atoms with Gasteiger partial charge in [0.1, 0.15) is 5.75 Å². The molecule has 2 aromatic carbocycles. The Morgan fingerprint density at radius 1 is 1.29 bits per heavy atom. The molecule has 2 aromatic rings. The summed E-state index contributed by atoms with van der Waals surface area (Å²) in [7, 11) is 1.57. The van der Waals surface area contributed by atoms with Crippen LogP contribution >= 0.6 is 15.9 Å². The smallest absolute Gasteiger partial charge is 0.233 e. The van der Waals surface area contributed by atoms with E-state index in [2.05, 4.69) is 21.2 Å². The first-order chi connectivity index (χ1) is 10.2. The van der Waals surface area contributed by atoms with Crippen LogP contribution < -0.4 is 15.8 Å². The first-order valence-corrected chi connectivity index (χ1v) is 7.34. The predicted octanol–water partition coefficient (Wildman–Crippen LogP) is 3.14. The van der Waals surface area contributed by atoms with Gasteiger partial charge in [-0.2, -0.15) is 0 Å². The van der Waals surface area contributed by atoms with Crippen molar-refractivity contribution < 1.29 is 9.53 Å². The lowest BCUT2D eigenvalue weighted by Gasteiger charge is -2.17. The van der Waals surface area contributed by atoms with E-state index in [9.17, 15) is 4.79 Å². The van der Waals surface area contributed by atoms with Gasteiger partial charge in [-0.15, -0.1) is 0 Å². The third-order valence-corrected chi connectivity index (χ3v) is 3.67. The van der Waals surface area contributed by atoms with E-state index in [1.54, 1.807) is 19.2 Å². The number of benzene rings is 2. The molecule has 4 nitrogen and oxygen atoms in total. The van der Waals surface area contributed by atoms with E-state index in [4.69, 9.17) is 10.5 Å². The largest absolute Gasteiger partial charge is 0.495 e. The number of hydrogen-bond acceptors (Lipinski definition) is 3. The fourth-order valence-electron chi connectivity index (χ4n) is 2.08. The summed E-state index contributed by atoms with van der Waals surface area (Å²) in [6.07, 6.45) is 0. The summed E-state index contributed by atoms with van der Waals surface area (Å²) in [6, 6.07) is 14.9. The third-order valence-electron chi connectivity index (χ3n) is 3.17. The molecule has 0 bridgehead atoms. The Morgan fingerprint density at radius 2 is 2.00 bits per heavy atom. The van der Waals surface area contributed by atoms with Gasteiger partial charge in [0.25, 0.3) is 0 Å². The van der Waals surface area contributed by atoms with Crippen LogP contribution in [0.3, 0.4) is 0 Å². The second-order valence-corrected chi connectivity index (χ2v) is 5.45. The molecule has 0 heterocycles. The molecule has 0 aliphatic heterocycles. The second-order valence-electron chi connectivity index (χ2n) is 4.53. The molecular weight excluding hydrogens is 332 g/mol. The molecule has 5 heteroatoms. The maximum Gasteiger partial charge on any atom is 0.233 e. The van der Waals surface area contributed by atoms with Crippen LogP contribution in [-0.2, 0) is 4.79 Å². The predicted molar refractivity (Wildman–Crippen MR) is 87.6 cm³/mol. The van der Waals surface area contributed by atoms with E-state index in [0.717, 1.165) is 10.0 Å². The molecule has 0 saturated carbocycles. The van der Waals surface area contributed by atoms with Crippen molar-refractivity contribution in [3.8, 4) is 5.75 Å². The molecule has 1 unspecified atom stereocenters. The Balaban J connectivity index is 2.22. The lowest BCUT2D eigenvalue weighted by Crippen LogP contribution is -2.27. The highest BCUT2D eigenvalue weighted by molar-refractivity contribution is 9.10. The van der Waals surface area contributed by atoms with Gasteiger partial charge in [0.15, 0.2) is 0 Å². The molecule has 0 spiro atoms. The standard InChI is InChI=1S/C16H17BrN2O2/c1-21-15-8-7-12(17)9-14(15)19-16(20)13(10-18)11-5-3-2-4-6-11/h2-9,13H,10,18H2,1H3,(H,19,20). The number of carbonyl (C=O) groups excluding carboxylic acids is 1. The van der Waals surface area contributed by atoms with E-state index in [1.807, 2.05) is 36.4 Å². The number of amides is 1. The zero-order valence-electron chi connectivity index (χ0n) is 11.7. The molecule has 0 fully saturated rings. The van der Waals surface area contributed by atoms with Gasteiger partial charge in [0.2, 0.25) is 5.91 Å². The molecule has 0 aromatic heterocycles. The van der Waals surface area contributed by atoms with Crippen molar-refractivity contribution in [2.24, 2.45) is 5.73 Å². The van der Waals surface area contributed by atoms with Crippen LogP contribution in [0, 0.1) is 0 Å². The summed E-state index contributed by atoms with van der Waals surface area (Å²) >= 11 is 3.38. The van der Waals surface area contributed by atoms with Crippen LogP contribution in [0.25, 0.3) is 0 Å². The molecule has 0 aliphatic rings. The molecule has 1 amide bonds. The van der Waals surface area contributed by atoms with Gasteiger partial charge in [-0.1, -0.05) is 46.3 Å². The van der Waals surface area contributed by atoms with Crippen molar-refractivity contribution in [3.63, 3.8) is 0 Å². The topological polar surface area (TPSA) is 64.3 Å². The van der Waals surface area contributed by atoms with Crippen molar-refractivity contribution in [2.75, 3.05) is 19.0 Å². The molecule has 0 radical (unpaired) electrons. The number of halogens is 1. The molecule has 0 aliphatic carbocycles. The third kappa shape index (κ3) is 3.83. The summed E-state index contributed by atoms with van der Waals surface area (Å²) in [5, 5.41) is 2.88. The van der Waals surface area contributed by atoms with Gasteiger partial charge in [-0.3, -0.25) is 4.79 Å². The Hall–Kier alpha value is -1.85. The van der Waals surface area contributed by atoms with Gasteiger partial charge in [0.05, 0.1) is 18.7 Å². The van der Waals surface area contributed by atoms with E-state index in [-0.39, 0.29) is 12.5 Å². The van der Waals surface area contributed by atoms with Crippen molar-refractivity contribution >= 4 is 27.5 Å². The lowest BCUT2D eigenvalue weighted by atomic mass is 9.98. The number of nitrogens with two attached hydrogens (primary N) is 1. The average molecular weight is 349 g/mol. The zero-order chi connectivity index (χ0) is 15.2. The number of carbonyl (C=O) groups is 1. The Morgan fingerprint density at radius 3 is 2.62 bits per heavy atom. The SMILES string of the molecule is COc1ccc(Br)cc1NC(=O)C(CN)c1ccccc1. The van der Waals surface area contributed by atoms with E-state index in [1.165, 1.54) is 0 Å². The summed E-state index contributed by atoms with van der Waals surface area (Å²) in [5.41, 5.74) is 7.27. The van der Waals surface area contributed by atoms with Crippen LogP contribution in [0.2, 0.25) is 0 Å². The molecular formula is C16H17BrN2O2. The molecule has 3 N–H and O–H groups in total. The quantitative estimate of drug-likeness (QED) is 0.872. The van der Waals surface area contributed by atoms with Crippen molar-refractivity contribution in [3.05, 3.63) is 58.6 Å². The minimum Gasteiger partial charge on any atom is -0.495 e.